The zero-order chi connectivity index (χ0) is 9.19. The topological polar surface area (TPSA) is 12.0 Å². The highest BCUT2D eigenvalue weighted by molar-refractivity contribution is 4.87. The number of hydrogen-bond acceptors (Lipinski definition) is 1. The van der Waals surface area contributed by atoms with Crippen molar-refractivity contribution < 1.29 is 13.2 Å². The monoisotopic (exact) mass is 181 g/mol. The van der Waals surface area contributed by atoms with E-state index < -0.39 is 12.2 Å². The normalized spacial score (nSPS) is 22.0. The predicted molar refractivity (Wildman–Crippen MR) is 40.9 cm³/mol. The third kappa shape index (κ3) is 2.12. The summed E-state index contributed by atoms with van der Waals surface area (Å²) >= 11 is 0. The van der Waals surface area contributed by atoms with E-state index in [0.29, 0.717) is 6.54 Å². The summed E-state index contributed by atoms with van der Waals surface area (Å²) in [7, 11) is 0. The fraction of sp³-hybridized carbons (Fsp3) is 1.00. The molecule has 0 aromatic rings. The SMILES string of the molecule is CCN[C@@H](C1CCC1)C(F)(F)F. The van der Waals surface area contributed by atoms with Crippen molar-refractivity contribution in [3.05, 3.63) is 0 Å². The van der Waals surface area contributed by atoms with Gasteiger partial charge in [0.2, 0.25) is 0 Å². The van der Waals surface area contributed by atoms with Crippen LogP contribution in [0.4, 0.5) is 13.2 Å². The summed E-state index contributed by atoms with van der Waals surface area (Å²) in [5, 5.41) is 2.50. The van der Waals surface area contributed by atoms with Gasteiger partial charge in [-0.3, -0.25) is 0 Å². The Morgan fingerprint density at radius 3 is 2.25 bits per heavy atom. The summed E-state index contributed by atoms with van der Waals surface area (Å²) in [4.78, 5) is 0. The van der Waals surface area contributed by atoms with Crippen LogP contribution in [-0.2, 0) is 0 Å². The second kappa shape index (κ2) is 3.64. The molecule has 1 aliphatic rings. The molecule has 0 unspecified atom stereocenters. The maximum absolute atomic E-state index is 12.3. The fourth-order valence-electron chi connectivity index (χ4n) is 1.54. The molecule has 0 aromatic carbocycles. The van der Waals surface area contributed by atoms with Gasteiger partial charge in [0.25, 0.3) is 0 Å². The molecule has 1 nitrogen and oxygen atoms in total. The van der Waals surface area contributed by atoms with Crippen LogP contribution >= 0.6 is 0 Å². The van der Waals surface area contributed by atoms with Gasteiger partial charge in [0.15, 0.2) is 0 Å². The standard InChI is InChI=1S/C8H14F3N/c1-2-12-7(8(9,10)11)6-4-3-5-6/h6-7,12H,2-5H2,1H3/t7-/m0/s1. The molecule has 0 heterocycles. The lowest BCUT2D eigenvalue weighted by Gasteiger charge is -2.35. The lowest BCUT2D eigenvalue weighted by Crippen LogP contribution is -2.49. The summed E-state index contributed by atoms with van der Waals surface area (Å²) < 4.78 is 36.9. The molecule has 0 radical (unpaired) electrons. The Balaban J connectivity index is 2.47. The lowest BCUT2D eigenvalue weighted by atomic mass is 9.79. The molecular weight excluding hydrogens is 167 g/mol. The molecule has 12 heavy (non-hydrogen) atoms. The minimum absolute atomic E-state index is 0.176. The summed E-state index contributed by atoms with van der Waals surface area (Å²) in [6.07, 6.45) is -1.68. The number of hydrogen-bond donors (Lipinski definition) is 1. The van der Waals surface area contributed by atoms with Crippen LogP contribution in [0.3, 0.4) is 0 Å². The van der Waals surface area contributed by atoms with Gasteiger partial charge in [-0.25, -0.2) is 0 Å². The molecule has 1 rings (SSSR count). The molecule has 72 valence electrons. The van der Waals surface area contributed by atoms with Gasteiger partial charge in [-0.15, -0.1) is 0 Å². The molecule has 0 bridgehead atoms. The third-order valence-corrected chi connectivity index (χ3v) is 2.40. The average molecular weight is 181 g/mol. The first-order valence-corrected chi connectivity index (χ1v) is 4.35. The zero-order valence-corrected chi connectivity index (χ0v) is 7.12. The van der Waals surface area contributed by atoms with Crippen LogP contribution in [0, 0.1) is 5.92 Å². The average Bonchev–Trinajstić information content (AvgIpc) is 1.80. The van der Waals surface area contributed by atoms with E-state index in [1.165, 1.54) is 0 Å². The van der Waals surface area contributed by atoms with Crippen molar-refractivity contribution in [2.45, 2.75) is 38.4 Å². The second-order valence-corrected chi connectivity index (χ2v) is 3.27. The van der Waals surface area contributed by atoms with Gasteiger partial charge in [-0.1, -0.05) is 13.3 Å². The van der Waals surface area contributed by atoms with E-state index in [2.05, 4.69) is 5.32 Å². The Morgan fingerprint density at radius 2 is 2.00 bits per heavy atom. The van der Waals surface area contributed by atoms with E-state index in [4.69, 9.17) is 0 Å². The molecule has 1 fully saturated rings. The van der Waals surface area contributed by atoms with Crippen molar-refractivity contribution in [1.29, 1.82) is 0 Å². The van der Waals surface area contributed by atoms with Gasteiger partial charge in [-0.05, 0) is 25.3 Å². The Labute approximate surface area is 70.3 Å². The summed E-state index contributed by atoms with van der Waals surface area (Å²) in [6, 6.07) is -1.27. The molecule has 0 saturated heterocycles. The quantitative estimate of drug-likeness (QED) is 0.704. The van der Waals surface area contributed by atoms with E-state index in [1.54, 1.807) is 6.92 Å². The van der Waals surface area contributed by atoms with Crippen LogP contribution in [0.5, 0.6) is 0 Å². The molecule has 0 aromatic heterocycles. The number of halogens is 3. The smallest absolute Gasteiger partial charge is 0.306 e. The third-order valence-electron chi connectivity index (χ3n) is 2.40. The predicted octanol–water partition coefficient (Wildman–Crippen LogP) is 2.33. The van der Waals surface area contributed by atoms with Gasteiger partial charge in [0.05, 0.1) is 0 Å². The first kappa shape index (κ1) is 9.84. The molecule has 0 spiro atoms. The van der Waals surface area contributed by atoms with Crippen molar-refractivity contribution in [1.82, 2.24) is 5.32 Å². The van der Waals surface area contributed by atoms with E-state index in [-0.39, 0.29) is 5.92 Å². The molecule has 1 saturated carbocycles. The van der Waals surface area contributed by atoms with Crippen molar-refractivity contribution in [2.75, 3.05) is 6.54 Å². The molecule has 1 atom stereocenters. The molecule has 1 aliphatic carbocycles. The highest BCUT2D eigenvalue weighted by Crippen LogP contribution is 2.37. The fourth-order valence-corrected chi connectivity index (χ4v) is 1.54. The van der Waals surface area contributed by atoms with Crippen molar-refractivity contribution in [2.24, 2.45) is 5.92 Å². The van der Waals surface area contributed by atoms with E-state index in [9.17, 15) is 13.2 Å². The van der Waals surface area contributed by atoms with Crippen molar-refractivity contribution in [3.63, 3.8) is 0 Å². The Morgan fingerprint density at radius 1 is 1.42 bits per heavy atom. The van der Waals surface area contributed by atoms with Gasteiger partial charge in [0.1, 0.15) is 6.04 Å². The molecule has 1 N–H and O–H groups in total. The second-order valence-electron chi connectivity index (χ2n) is 3.27. The van der Waals surface area contributed by atoms with Gasteiger partial charge in [0, 0.05) is 0 Å². The minimum atomic E-state index is -4.07. The van der Waals surface area contributed by atoms with Crippen LogP contribution in [0.25, 0.3) is 0 Å². The summed E-state index contributed by atoms with van der Waals surface area (Å²) in [5.74, 6) is -0.176. The van der Waals surface area contributed by atoms with E-state index in [0.717, 1.165) is 19.3 Å². The van der Waals surface area contributed by atoms with Crippen molar-refractivity contribution >= 4 is 0 Å². The van der Waals surface area contributed by atoms with Gasteiger partial charge < -0.3 is 5.32 Å². The van der Waals surface area contributed by atoms with Crippen LogP contribution in [0.1, 0.15) is 26.2 Å². The van der Waals surface area contributed by atoms with E-state index in [1.807, 2.05) is 0 Å². The van der Waals surface area contributed by atoms with Crippen LogP contribution in [-0.4, -0.2) is 18.8 Å². The Kier molecular flexibility index (Phi) is 2.99. The van der Waals surface area contributed by atoms with Gasteiger partial charge in [-0.2, -0.15) is 13.2 Å². The number of rotatable bonds is 3. The highest BCUT2D eigenvalue weighted by Gasteiger charge is 2.45. The Bertz CT molecular complexity index is 140. The molecular formula is C8H14F3N. The minimum Gasteiger partial charge on any atom is -0.306 e. The molecule has 0 aliphatic heterocycles. The lowest BCUT2D eigenvalue weighted by molar-refractivity contribution is -0.174. The maximum atomic E-state index is 12.3. The Hall–Kier alpha value is -0.250. The van der Waals surface area contributed by atoms with Crippen molar-refractivity contribution in [3.8, 4) is 0 Å². The number of nitrogens with one attached hydrogen (secondary N) is 1. The number of alkyl halides is 3. The van der Waals surface area contributed by atoms with E-state index >= 15 is 0 Å². The van der Waals surface area contributed by atoms with Crippen LogP contribution in [0.2, 0.25) is 0 Å². The largest absolute Gasteiger partial charge is 0.404 e. The summed E-state index contributed by atoms with van der Waals surface area (Å²) in [6.45, 7) is 2.10. The molecule has 0 amide bonds. The first-order valence-electron chi connectivity index (χ1n) is 4.35. The first-order chi connectivity index (χ1) is 5.55. The highest BCUT2D eigenvalue weighted by atomic mass is 19.4. The van der Waals surface area contributed by atoms with Crippen LogP contribution in [0.15, 0.2) is 0 Å². The zero-order valence-electron chi connectivity index (χ0n) is 7.12. The van der Waals surface area contributed by atoms with Crippen LogP contribution < -0.4 is 5.32 Å². The maximum Gasteiger partial charge on any atom is 0.404 e. The molecule has 4 heteroatoms. The van der Waals surface area contributed by atoms with Gasteiger partial charge >= 0.3 is 6.18 Å². The summed E-state index contributed by atoms with van der Waals surface area (Å²) in [5.41, 5.74) is 0.